The lowest BCUT2D eigenvalue weighted by atomic mass is 10.0. The van der Waals surface area contributed by atoms with Gasteiger partial charge in [0, 0.05) is 25.6 Å². The van der Waals surface area contributed by atoms with Crippen LogP contribution < -0.4 is 15.2 Å². The van der Waals surface area contributed by atoms with Gasteiger partial charge in [-0.1, -0.05) is 6.07 Å². The van der Waals surface area contributed by atoms with Crippen LogP contribution in [0.1, 0.15) is 24.8 Å². The standard InChI is InChI=1S/C16H24N2O3/c1-20-14-7-5-12(10-15(14)21-2)6-8-16(19)18-9-3-4-13(17)11-18/h5,7,10,13H,3-4,6,8-9,11,17H2,1-2H3. The van der Waals surface area contributed by atoms with E-state index >= 15 is 0 Å². The third-order valence-corrected chi connectivity index (χ3v) is 3.89. The van der Waals surface area contributed by atoms with Crippen LogP contribution in [0.15, 0.2) is 18.2 Å². The predicted octanol–water partition coefficient (Wildman–Crippen LogP) is 1.59. The lowest BCUT2D eigenvalue weighted by molar-refractivity contribution is -0.132. The van der Waals surface area contributed by atoms with Crippen LogP contribution in [-0.2, 0) is 11.2 Å². The van der Waals surface area contributed by atoms with Crippen LogP contribution in [0.2, 0.25) is 0 Å². The SMILES string of the molecule is COc1ccc(CCC(=O)N2CCCC(N)C2)cc1OC. The molecular weight excluding hydrogens is 268 g/mol. The van der Waals surface area contributed by atoms with Gasteiger partial charge >= 0.3 is 0 Å². The fourth-order valence-corrected chi connectivity index (χ4v) is 2.68. The Morgan fingerprint density at radius 2 is 2.10 bits per heavy atom. The predicted molar refractivity (Wildman–Crippen MR) is 81.7 cm³/mol. The van der Waals surface area contributed by atoms with Gasteiger partial charge in [-0.2, -0.15) is 0 Å². The van der Waals surface area contributed by atoms with Gasteiger partial charge in [-0.05, 0) is 37.0 Å². The molecule has 1 unspecified atom stereocenters. The van der Waals surface area contributed by atoms with Crippen LogP contribution in [-0.4, -0.2) is 44.2 Å². The van der Waals surface area contributed by atoms with Crippen molar-refractivity contribution in [2.24, 2.45) is 5.73 Å². The minimum atomic E-state index is 0.129. The number of rotatable bonds is 5. The van der Waals surface area contributed by atoms with Gasteiger partial charge in [0.1, 0.15) is 0 Å². The molecule has 1 atom stereocenters. The van der Waals surface area contributed by atoms with E-state index in [0.29, 0.717) is 30.9 Å². The summed E-state index contributed by atoms with van der Waals surface area (Å²) in [4.78, 5) is 14.1. The Labute approximate surface area is 126 Å². The molecule has 1 heterocycles. The number of nitrogens with zero attached hydrogens (tertiary/aromatic N) is 1. The number of nitrogens with two attached hydrogens (primary N) is 1. The van der Waals surface area contributed by atoms with Gasteiger partial charge in [0.25, 0.3) is 0 Å². The molecule has 116 valence electrons. The Hall–Kier alpha value is -1.75. The average molecular weight is 292 g/mol. The molecule has 1 amide bonds. The molecule has 0 aliphatic carbocycles. The van der Waals surface area contributed by atoms with E-state index in [1.165, 1.54) is 0 Å². The Kier molecular flexibility index (Phi) is 5.44. The number of hydrogen-bond donors (Lipinski definition) is 1. The third kappa shape index (κ3) is 4.11. The summed E-state index contributed by atoms with van der Waals surface area (Å²) in [5, 5.41) is 0. The van der Waals surface area contributed by atoms with Gasteiger partial charge < -0.3 is 20.1 Å². The lowest BCUT2D eigenvalue weighted by Crippen LogP contribution is -2.45. The molecule has 5 nitrogen and oxygen atoms in total. The number of ether oxygens (including phenoxy) is 2. The van der Waals surface area contributed by atoms with E-state index in [0.717, 1.165) is 24.9 Å². The Bertz CT molecular complexity index is 490. The van der Waals surface area contributed by atoms with E-state index < -0.39 is 0 Å². The number of likely N-dealkylation sites (tertiary alicyclic amines) is 1. The topological polar surface area (TPSA) is 64.8 Å². The van der Waals surface area contributed by atoms with Crippen LogP contribution in [0, 0.1) is 0 Å². The summed E-state index contributed by atoms with van der Waals surface area (Å²) in [6.45, 7) is 1.52. The Morgan fingerprint density at radius 3 is 2.76 bits per heavy atom. The largest absolute Gasteiger partial charge is 0.493 e. The fraction of sp³-hybridized carbons (Fsp3) is 0.562. The molecule has 1 saturated heterocycles. The van der Waals surface area contributed by atoms with E-state index in [1.807, 2.05) is 23.1 Å². The molecule has 21 heavy (non-hydrogen) atoms. The summed E-state index contributed by atoms with van der Waals surface area (Å²) in [5.41, 5.74) is 6.99. The van der Waals surface area contributed by atoms with Crippen molar-refractivity contribution >= 4 is 5.91 Å². The maximum atomic E-state index is 12.2. The van der Waals surface area contributed by atoms with E-state index in [9.17, 15) is 4.79 Å². The van der Waals surface area contributed by atoms with Gasteiger partial charge in [0.15, 0.2) is 11.5 Å². The Morgan fingerprint density at radius 1 is 1.33 bits per heavy atom. The van der Waals surface area contributed by atoms with Crippen molar-refractivity contribution in [3.8, 4) is 11.5 Å². The molecule has 5 heteroatoms. The van der Waals surface area contributed by atoms with Crippen molar-refractivity contribution in [2.75, 3.05) is 27.3 Å². The zero-order chi connectivity index (χ0) is 15.2. The average Bonchev–Trinajstić information content (AvgIpc) is 2.52. The molecule has 0 radical (unpaired) electrons. The van der Waals surface area contributed by atoms with Crippen LogP contribution in [0.5, 0.6) is 11.5 Å². The molecule has 0 saturated carbocycles. The van der Waals surface area contributed by atoms with E-state index in [4.69, 9.17) is 15.2 Å². The summed E-state index contributed by atoms with van der Waals surface area (Å²) < 4.78 is 10.5. The van der Waals surface area contributed by atoms with Crippen molar-refractivity contribution in [3.63, 3.8) is 0 Å². The number of aryl methyl sites for hydroxylation is 1. The van der Waals surface area contributed by atoms with E-state index in [-0.39, 0.29) is 11.9 Å². The van der Waals surface area contributed by atoms with Crippen molar-refractivity contribution < 1.29 is 14.3 Å². The fourth-order valence-electron chi connectivity index (χ4n) is 2.68. The molecular formula is C16H24N2O3. The van der Waals surface area contributed by atoms with E-state index in [1.54, 1.807) is 14.2 Å². The molecule has 0 spiro atoms. The molecule has 1 aliphatic heterocycles. The summed E-state index contributed by atoms with van der Waals surface area (Å²) in [6, 6.07) is 5.89. The molecule has 1 aromatic carbocycles. The molecule has 0 bridgehead atoms. The van der Waals surface area contributed by atoms with Crippen LogP contribution in [0.4, 0.5) is 0 Å². The second-order valence-corrected chi connectivity index (χ2v) is 5.43. The minimum Gasteiger partial charge on any atom is -0.493 e. The summed E-state index contributed by atoms with van der Waals surface area (Å²) in [6.07, 6.45) is 3.22. The number of piperidine rings is 1. The molecule has 2 rings (SSSR count). The van der Waals surface area contributed by atoms with Crippen LogP contribution >= 0.6 is 0 Å². The first-order chi connectivity index (χ1) is 10.1. The first-order valence-electron chi connectivity index (χ1n) is 7.38. The molecule has 1 aromatic rings. The molecule has 0 aromatic heterocycles. The summed E-state index contributed by atoms with van der Waals surface area (Å²) in [5.74, 6) is 1.58. The number of amides is 1. The lowest BCUT2D eigenvalue weighted by Gasteiger charge is -2.30. The van der Waals surface area contributed by atoms with Gasteiger partial charge in [-0.3, -0.25) is 4.79 Å². The minimum absolute atomic E-state index is 0.129. The first-order valence-corrected chi connectivity index (χ1v) is 7.38. The zero-order valence-electron chi connectivity index (χ0n) is 12.8. The van der Waals surface area contributed by atoms with Crippen LogP contribution in [0.25, 0.3) is 0 Å². The second-order valence-electron chi connectivity index (χ2n) is 5.43. The number of benzene rings is 1. The maximum absolute atomic E-state index is 12.2. The highest BCUT2D eigenvalue weighted by Crippen LogP contribution is 2.28. The van der Waals surface area contributed by atoms with Gasteiger partial charge in [-0.25, -0.2) is 0 Å². The monoisotopic (exact) mass is 292 g/mol. The van der Waals surface area contributed by atoms with Crippen molar-refractivity contribution in [1.82, 2.24) is 4.90 Å². The normalized spacial score (nSPS) is 18.4. The Balaban J connectivity index is 1.91. The zero-order valence-corrected chi connectivity index (χ0v) is 12.8. The van der Waals surface area contributed by atoms with Gasteiger partial charge in [0.05, 0.1) is 14.2 Å². The highest BCUT2D eigenvalue weighted by molar-refractivity contribution is 5.76. The van der Waals surface area contributed by atoms with Crippen LogP contribution in [0.3, 0.4) is 0 Å². The van der Waals surface area contributed by atoms with Crippen molar-refractivity contribution in [1.29, 1.82) is 0 Å². The number of methoxy groups -OCH3 is 2. The maximum Gasteiger partial charge on any atom is 0.222 e. The third-order valence-electron chi connectivity index (χ3n) is 3.89. The summed E-state index contributed by atoms with van der Waals surface area (Å²) >= 11 is 0. The number of carbonyl (C=O) groups is 1. The molecule has 1 aliphatic rings. The molecule has 1 fully saturated rings. The number of carbonyl (C=O) groups excluding carboxylic acids is 1. The smallest absolute Gasteiger partial charge is 0.222 e. The van der Waals surface area contributed by atoms with Crippen molar-refractivity contribution in [3.05, 3.63) is 23.8 Å². The van der Waals surface area contributed by atoms with Gasteiger partial charge in [0.2, 0.25) is 5.91 Å². The van der Waals surface area contributed by atoms with Gasteiger partial charge in [-0.15, -0.1) is 0 Å². The van der Waals surface area contributed by atoms with E-state index in [2.05, 4.69) is 0 Å². The second kappa shape index (κ2) is 7.31. The number of hydrogen-bond acceptors (Lipinski definition) is 4. The summed E-state index contributed by atoms with van der Waals surface area (Å²) in [7, 11) is 3.22. The first kappa shape index (κ1) is 15.6. The quantitative estimate of drug-likeness (QED) is 0.895. The highest BCUT2D eigenvalue weighted by atomic mass is 16.5. The highest BCUT2D eigenvalue weighted by Gasteiger charge is 2.20. The molecule has 2 N–H and O–H groups in total. The van der Waals surface area contributed by atoms with Crippen molar-refractivity contribution in [2.45, 2.75) is 31.7 Å².